The van der Waals surface area contributed by atoms with Crippen LogP contribution in [0.4, 0.5) is 0 Å². The number of rotatable bonds is 6. The summed E-state index contributed by atoms with van der Waals surface area (Å²) in [7, 11) is 0. The summed E-state index contributed by atoms with van der Waals surface area (Å²) in [5, 5.41) is 6.82. The highest BCUT2D eigenvalue weighted by Gasteiger charge is 2.28. The largest absolute Gasteiger partial charge is 0.461 e. The molecule has 1 aliphatic rings. The van der Waals surface area contributed by atoms with Gasteiger partial charge in [0.05, 0.1) is 6.26 Å². The number of hydrogen-bond acceptors (Lipinski definition) is 5. The van der Waals surface area contributed by atoms with E-state index in [-0.39, 0.29) is 11.9 Å². The third-order valence-corrected chi connectivity index (χ3v) is 3.49. The molecule has 1 atom stereocenters. The van der Waals surface area contributed by atoms with Gasteiger partial charge < -0.3 is 14.3 Å². The number of nitrogens with one attached hydrogen (secondary N) is 1. The number of nitrogens with zero attached hydrogens (tertiary/aromatic N) is 2. The molecule has 1 unspecified atom stereocenters. The van der Waals surface area contributed by atoms with Crippen LogP contribution in [-0.2, 0) is 11.2 Å². The van der Waals surface area contributed by atoms with Gasteiger partial charge >= 0.3 is 0 Å². The van der Waals surface area contributed by atoms with Crippen LogP contribution in [0.3, 0.4) is 0 Å². The highest BCUT2D eigenvalue weighted by Crippen LogP contribution is 2.32. The first-order valence-corrected chi connectivity index (χ1v) is 6.88. The van der Waals surface area contributed by atoms with Crippen molar-refractivity contribution in [3.63, 3.8) is 0 Å². The molecular weight excluding hydrogens is 258 g/mol. The molecule has 1 aliphatic carbocycles. The monoisotopic (exact) mass is 275 g/mol. The summed E-state index contributed by atoms with van der Waals surface area (Å²) in [6, 6.07) is 3.79. The Morgan fingerprint density at radius 3 is 3.10 bits per heavy atom. The van der Waals surface area contributed by atoms with E-state index in [2.05, 4.69) is 22.4 Å². The van der Waals surface area contributed by atoms with Crippen molar-refractivity contribution in [3.8, 4) is 11.6 Å². The second kappa shape index (κ2) is 5.48. The fourth-order valence-corrected chi connectivity index (χ4v) is 2.12. The van der Waals surface area contributed by atoms with Crippen LogP contribution in [0.2, 0.25) is 0 Å². The molecule has 0 spiro atoms. The molecule has 2 aromatic heterocycles. The van der Waals surface area contributed by atoms with Crippen LogP contribution in [0.25, 0.3) is 11.6 Å². The lowest BCUT2D eigenvalue weighted by molar-refractivity contribution is -0.121. The van der Waals surface area contributed by atoms with Gasteiger partial charge in [0, 0.05) is 18.9 Å². The smallest absolute Gasteiger partial charge is 0.238 e. The third kappa shape index (κ3) is 3.07. The predicted molar refractivity (Wildman–Crippen MR) is 70.6 cm³/mol. The van der Waals surface area contributed by atoms with Crippen molar-refractivity contribution >= 4 is 5.91 Å². The number of aromatic nitrogens is 2. The Hall–Kier alpha value is -2.11. The van der Waals surface area contributed by atoms with E-state index in [1.54, 1.807) is 18.4 Å². The molecule has 6 heteroatoms. The Bertz CT molecular complexity index is 572. The molecule has 1 saturated carbocycles. The highest BCUT2D eigenvalue weighted by atomic mass is 16.5. The first kappa shape index (κ1) is 12.9. The van der Waals surface area contributed by atoms with E-state index in [0.717, 1.165) is 0 Å². The molecule has 2 heterocycles. The summed E-state index contributed by atoms with van der Waals surface area (Å²) < 4.78 is 10.3. The Kier molecular flexibility index (Phi) is 3.54. The Balaban J connectivity index is 1.49. The van der Waals surface area contributed by atoms with Crippen LogP contribution >= 0.6 is 0 Å². The zero-order chi connectivity index (χ0) is 13.9. The summed E-state index contributed by atoms with van der Waals surface area (Å²) >= 11 is 0. The van der Waals surface area contributed by atoms with E-state index < -0.39 is 0 Å². The van der Waals surface area contributed by atoms with Crippen LogP contribution in [0.15, 0.2) is 27.3 Å². The van der Waals surface area contributed by atoms with E-state index in [1.807, 2.05) is 0 Å². The third-order valence-electron chi connectivity index (χ3n) is 3.49. The van der Waals surface area contributed by atoms with Gasteiger partial charge in [-0.25, -0.2) is 0 Å². The summed E-state index contributed by atoms with van der Waals surface area (Å²) in [4.78, 5) is 16.0. The summed E-state index contributed by atoms with van der Waals surface area (Å²) in [5.41, 5.74) is 0. The maximum atomic E-state index is 11.8. The van der Waals surface area contributed by atoms with Crippen molar-refractivity contribution in [1.82, 2.24) is 15.5 Å². The molecule has 3 rings (SSSR count). The zero-order valence-electron chi connectivity index (χ0n) is 11.3. The SMILES string of the molecule is CC(NC(=O)CCc1nc(-c2ccco2)no1)C1CC1. The molecule has 2 aromatic rings. The number of amides is 1. The molecule has 0 saturated heterocycles. The highest BCUT2D eigenvalue weighted by molar-refractivity contribution is 5.76. The summed E-state index contributed by atoms with van der Waals surface area (Å²) in [6.07, 6.45) is 4.79. The topological polar surface area (TPSA) is 81.2 Å². The van der Waals surface area contributed by atoms with Crippen molar-refractivity contribution in [3.05, 3.63) is 24.3 Å². The summed E-state index contributed by atoms with van der Waals surface area (Å²) in [5.74, 6) is 2.12. The van der Waals surface area contributed by atoms with Gasteiger partial charge in [0.15, 0.2) is 5.76 Å². The van der Waals surface area contributed by atoms with Crippen LogP contribution in [0.1, 0.15) is 32.1 Å². The van der Waals surface area contributed by atoms with Crippen LogP contribution in [-0.4, -0.2) is 22.1 Å². The molecular formula is C14H17N3O3. The van der Waals surface area contributed by atoms with Gasteiger partial charge in [-0.1, -0.05) is 5.16 Å². The number of hydrogen-bond donors (Lipinski definition) is 1. The molecule has 0 radical (unpaired) electrons. The van der Waals surface area contributed by atoms with Crippen molar-refractivity contribution in [2.24, 2.45) is 5.92 Å². The average Bonchev–Trinajstić information content (AvgIpc) is 2.96. The molecule has 0 bridgehead atoms. The van der Waals surface area contributed by atoms with Crippen molar-refractivity contribution in [1.29, 1.82) is 0 Å². The first-order chi connectivity index (χ1) is 9.72. The van der Waals surface area contributed by atoms with Crippen molar-refractivity contribution < 1.29 is 13.7 Å². The Labute approximate surface area is 116 Å². The fourth-order valence-electron chi connectivity index (χ4n) is 2.12. The average molecular weight is 275 g/mol. The molecule has 0 aromatic carbocycles. The van der Waals surface area contributed by atoms with Gasteiger partial charge in [-0.05, 0) is 37.8 Å². The number of aryl methyl sites for hydroxylation is 1. The van der Waals surface area contributed by atoms with E-state index in [4.69, 9.17) is 8.94 Å². The molecule has 1 fully saturated rings. The standard InChI is InChI=1S/C14H17N3O3/c1-9(10-4-5-10)15-12(18)6-7-13-16-14(17-20-13)11-3-2-8-19-11/h2-3,8-10H,4-7H2,1H3,(H,15,18). The van der Waals surface area contributed by atoms with Gasteiger partial charge in [0.1, 0.15) is 0 Å². The molecule has 106 valence electrons. The predicted octanol–water partition coefficient (Wildman–Crippen LogP) is 2.18. The van der Waals surface area contributed by atoms with Gasteiger partial charge in [0.25, 0.3) is 0 Å². The minimum atomic E-state index is 0.0298. The minimum Gasteiger partial charge on any atom is -0.461 e. The van der Waals surface area contributed by atoms with E-state index in [0.29, 0.717) is 36.2 Å². The molecule has 20 heavy (non-hydrogen) atoms. The van der Waals surface area contributed by atoms with Gasteiger partial charge in [-0.2, -0.15) is 4.98 Å². The first-order valence-electron chi connectivity index (χ1n) is 6.88. The van der Waals surface area contributed by atoms with Gasteiger partial charge in [-0.15, -0.1) is 0 Å². The summed E-state index contributed by atoms with van der Waals surface area (Å²) in [6.45, 7) is 2.05. The van der Waals surface area contributed by atoms with E-state index in [1.165, 1.54) is 12.8 Å². The maximum Gasteiger partial charge on any atom is 0.238 e. The Morgan fingerprint density at radius 1 is 1.55 bits per heavy atom. The van der Waals surface area contributed by atoms with E-state index in [9.17, 15) is 4.79 Å². The lowest BCUT2D eigenvalue weighted by Crippen LogP contribution is -2.34. The fraction of sp³-hybridized carbons (Fsp3) is 0.500. The lowest BCUT2D eigenvalue weighted by atomic mass is 10.2. The minimum absolute atomic E-state index is 0.0298. The number of carbonyl (C=O) groups excluding carboxylic acids is 1. The van der Waals surface area contributed by atoms with Crippen LogP contribution in [0, 0.1) is 5.92 Å². The van der Waals surface area contributed by atoms with Gasteiger partial charge in [-0.3, -0.25) is 4.79 Å². The Morgan fingerprint density at radius 2 is 2.40 bits per heavy atom. The zero-order valence-corrected chi connectivity index (χ0v) is 11.3. The molecule has 1 N–H and O–H groups in total. The number of carbonyl (C=O) groups is 1. The normalized spacial score (nSPS) is 16.1. The number of furan rings is 1. The molecule has 6 nitrogen and oxygen atoms in total. The van der Waals surface area contributed by atoms with Crippen LogP contribution < -0.4 is 5.32 Å². The van der Waals surface area contributed by atoms with Gasteiger partial charge in [0.2, 0.25) is 17.6 Å². The molecule has 1 amide bonds. The quantitative estimate of drug-likeness (QED) is 0.873. The second-order valence-corrected chi connectivity index (χ2v) is 5.18. The van der Waals surface area contributed by atoms with E-state index >= 15 is 0 Å². The lowest BCUT2D eigenvalue weighted by Gasteiger charge is -2.11. The maximum absolute atomic E-state index is 11.8. The molecule has 0 aliphatic heterocycles. The second-order valence-electron chi connectivity index (χ2n) is 5.18. The van der Waals surface area contributed by atoms with Crippen molar-refractivity contribution in [2.75, 3.05) is 0 Å². The van der Waals surface area contributed by atoms with Crippen LogP contribution in [0.5, 0.6) is 0 Å². The van der Waals surface area contributed by atoms with Crippen molar-refractivity contribution in [2.45, 2.75) is 38.6 Å².